The molecular formula is C33H62F3N5O. The van der Waals surface area contributed by atoms with Crippen LogP contribution in [0, 0.1) is 17.8 Å². The third-order valence-corrected chi connectivity index (χ3v) is 6.90. The number of hydrogen-bond acceptors (Lipinski definition) is 5. The monoisotopic (exact) mass is 601 g/mol. The van der Waals surface area contributed by atoms with Gasteiger partial charge in [0.15, 0.2) is 0 Å². The van der Waals surface area contributed by atoms with Crippen LogP contribution in [0.1, 0.15) is 139 Å². The van der Waals surface area contributed by atoms with Crippen LogP contribution in [0.4, 0.5) is 24.9 Å². The highest BCUT2D eigenvalue weighted by atomic mass is 19.4. The van der Waals surface area contributed by atoms with Gasteiger partial charge in [-0.15, -0.1) is 0 Å². The zero-order valence-electron chi connectivity index (χ0n) is 28.3. The van der Waals surface area contributed by atoms with Crippen LogP contribution in [-0.2, 0) is 11.0 Å². The first-order valence-electron chi connectivity index (χ1n) is 16.3. The molecule has 0 radical (unpaired) electrons. The smallest absolute Gasteiger partial charge is 0.369 e. The van der Waals surface area contributed by atoms with E-state index in [0.717, 1.165) is 43.0 Å². The number of amides is 1. The zero-order valence-corrected chi connectivity index (χ0v) is 28.3. The molecule has 1 aromatic rings. The summed E-state index contributed by atoms with van der Waals surface area (Å²) in [6.45, 7) is 21.9. The summed E-state index contributed by atoms with van der Waals surface area (Å²) in [6, 6.07) is 0. The van der Waals surface area contributed by atoms with Crippen LogP contribution in [-0.4, -0.2) is 29.0 Å². The van der Waals surface area contributed by atoms with Gasteiger partial charge in [0.1, 0.15) is 11.4 Å². The van der Waals surface area contributed by atoms with E-state index in [1.165, 1.54) is 32.1 Å². The molecule has 0 aromatic carbocycles. The van der Waals surface area contributed by atoms with Crippen LogP contribution >= 0.6 is 0 Å². The molecule has 1 aromatic heterocycles. The van der Waals surface area contributed by atoms with Crippen LogP contribution in [0.15, 0.2) is 18.0 Å². The average Bonchev–Trinajstić information content (AvgIpc) is 2.92. The van der Waals surface area contributed by atoms with Gasteiger partial charge in [-0.2, -0.15) is 18.2 Å². The van der Waals surface area contributed by atoms with Gasteiger partial charge in [-0.3, -0.25) is 4.79 Å². The number of alkyl halides is 3. The number of nitrogens with zero attached hydrogens (tertiary/aromatic N) is 2. The average molecular weight is 602 g/mol. The minimum absolute atomic E-state index is 0.0317. The first-order chi connectivity index (χ1) is 19.9. The number of halogens is 3. The van der Waals surface area contributed by atoms with E-state index in [2.05, 4.69) is 67.5 Å². The molecule has 1 aliphatic carbocycles. The normalized spacial score (nSPS) is 13.1. The molecule has 1 amide bonds. The Hall–Kier alpha value is -2.32. The van der Waals surface area contributed by atoms with Crippen molar-refractivity contribution in [2.24, 2.45) is 17.8 Å². The molecule has 9 heteroatoms. The van der Waals surface area contributed by atoms with Crippen molar-refractivity contribution in [1.82, 2.24) is 15.3 Å². The third-order valence-electron chi connectivity index (χ3n) is 6.90. The number of anilines is 2. The minimum atomic E-state index is -4.55. The summed E-state index contributed by atoms with van der Waals surface area (Å²) >= 11 is 0. The highest BCUT2D eigenvalue weighted by Crippen LogP contribution is 2.34. The molecule has 3 N–H and O–H groups in total. The third kappa shape index (κ3) is 19.7. The molecule has 0 aliphatic heterocycles. The van der Waals surface area contributed by atoms with Crippen molar-refractivity contribution in [3.63, 3.8) is 0 Å². The Bertz CT molecular complexity index is 833. The van der Waals surface area contributed by atoms with Crippen molar-refractivity contribution in [1.29, 1.82) is 0 Å². The van der Waals surface area contributed by atoms with Gasteiger partial charge < -0.3 is 16.0 Å². The fourth-order valence-electron chi connectivity index (χ4n) is 3.74. The maximum absolute atomic E-state index is 13.2. The summed E-state index contributed by atoms with van der Waals surface area (Å²) in [5.74, 6) is 1.82. The second-order valence-electron chi connectivity index (χ2n) is 10.9. The van der Waals surface area contributed by atoms with Crippen molar-refractivity contribution in [3.8, 4) is 0 Å². The van der Waals surface area contributed by atoms with Crippen molar-refractivity contribution >= 4 is 17.7 Å². The standard InChI is InChI=1S/C18H26F3N5O.C8H18.C5H12.C2H6/c1-3-13(4-2)25-17-24-11-14(18(19,20)21)15(26-17)22-9-6-10-23-16(27)12-7-5-8-12;1-4-6-8(3)7-5-2;1-4-5(2)3;1-2/h3,11-12H,4-10H2,1-2H3,(H,23,27)(H2,22,24,25,26);8H,4-7H2,1-3H3;5H,4H2,1-3H3;1-2H3/b13-3+;;;. The van der Waals surface area contributed by atoms with Gasteiger partial charge in [0.2, 0.25) is 11.9 Å². The van der Waals surface area contributed by atoms with E-state index in [9.17, 15) is 18.0 Å². The molecule has 246 valence electrons. The fraction of sp³-hybridized carbons (Fsp3) is 0.788. The van der Waals surface area contributed by atoms with E-state index in [0.29, 0.717) is 19.4 Å². The van der Waals surface area contributed by atoms with Crippen molar-refractivity contribution < 1.29 is 18.0 Å². The number of rotatable bonds is 14. The minimum Gasteiger partial charge on any atom is -0.369 e. The fourth-order valence-corrected chi connectivity index (χ4v) is 3.74. The van der Waals surface area contributed by atoms with Crippen molar-refractivity contribution in [2.45, 2.75) is 140 Å². The Balaban J connectivity index is 0. The predicted molar refractivity (Wildman–Crippen MR) is 174 cm³/mol. The lowest BCUT2D eigenvalue weighted by molar-refractivity contribution is -0.137. The lowest BCUT2D eigenvalue weighted by atomic mass is 9.85. The molecule has 0 saturated heterocycles. The number of carbonyl (C=O) groups is 1. The maximum atomic E-state index is 13.2. The van der Waals surface area contributed by atoms with E-state index in [-0.39, 0.29) is 30.1 Å². The summed E-state index contributed by atoms with van der Waals surface area (Å²) in [5, 5.41) is 8.45. The van der Waals surface area contributed by atoms with Crippen LogP contribution in [0.3, 0.4) is 0 Å². The van der Waals surface area contributed by atoms with Crippen LogP contribution in [0.25, 0.3) is 0 Å². The molecule has 1 aliphatic rings. The molecule has 0 unspecified atom stereocenters. The van der Waals surface area contributed by atoms with Gasteiger partial charge in [-0.1, -0.05) is 107 Å². The van der Waals surface area contributed by atoms with Crippen LogP contribution < -0.4 is 16.0 Å². The SMILES string of the molecule is C/C=C(\CC)Nc1ncc(C(F)(F)F)c(NCCCNC(=O)C2CCC2)n1.CC.CCC(C)C.CCCC(C)CCC. The molecule has 0 spiro atoms. The van der Waals surface area contributed by atoms with E-state index in [1.807, 2.05) is 33.8 Å². The summed E-state index contributed by atoms with van der Waals surface area (Å²) in [6.07, 6.45) is 8.97. The van der Waals surface area contributed by atoms with Gasteiger partial charge in [-0.05, 0) is 44.4 Å². The first-order valence-corrected chi connectivity index (χ1v) is 16.3. The van der Waals surface area contributed by atoms with E-state index in [4.69, 9.17) is 0 Å². The number of aromatic nitrogens is 2. The lowest BCUT2D eigenvalue weighted by Gasteiger charge is -2.24. The number of carbonyl (C=O) groups excluding carboxylic acids is 1. The van der Waals surface area contributed by atoms with Crippen LogP contribution in [0.5, 0.6) is 0 Å². The van der Waals surface area contributed by atoms with Gasteiger partial charge in [0.25, 0.3) is 0 Å². The molecule has 1 fully saturated rings. The Labute approximate surface area is 255 Å². The Morgan fingerprint density at radius 3 is 2.02 bits per heavy atom. The van der Waals surface area contributed by atoms with Crippen molar-refractivity contribution in [3.05, 3.63) is 23.5 Å². The maximum Gasteiger partial charge on any atom is 0.421 e. The zero-order chi connectivity index (χ0) is 32.6. The molecule has 6 nitrogen and oxygen atoms in total. The summed E-state index contributed by atoms with van der Waals surface area (Å²) in [5.41, 5.74) is -0.0931. The quantitative estimate of drug-likeness (QED) is 0.185. The molecule has 2 rings (SSSR count). The number of hydrogen-bond donors (Lipinski definition) is 3. The molecule has 1 saturated carbocycles. The Morgan fingerprint density at radius 2 is 1.62 bits per heavy atom. The van der Waals surface area contributed by atoms with Crippen molar-refractivity contribution in [2.75, 3.05) is 23.7 Å². The summed E-state index contributed by atoms with van der Waals surface area (Å²) in [4.78, 5) is 19.5. The summed E-state index contributed by atoms with van der Waals surface area (Å²) in [7, 11) is 0. The Kier molecular flexibility index (Phi) is 25.1. The van der Waals surface area contributed by atoms with Gasteiger partial charge in [0.05, 0.1) is 0 Å². The second kappa shape index (κ2) is 25.2. The number of allylic oxidation sites excluding steroid dienone is 2. The lowest BCUT2D eigenvalue weighted by Crippen LogP contribution is -2.35. The summed E-state index contributed by atoms with van der Waals surface area (Å²) < 4.78 is 39.5. The molecule has 0 bridgehead atoms. The molecular weight excluding hydrogens is 539 g/mol. The van der Waals surface area contributed by atoms with Crippen LogP contribution in [0.2, 0.25) is 0 Å². The predicted octanol–water partition coefficient (Wildman–Crippen LogP) is 10.2. The highest BCUT2D eigenvalue weighted by molar-refractivity contribution is 5.79. The molecule has 1 heterocycles. The van der Waals surface area contributed by atoms with Gasteiger partial charge in [0, 0.05) is 30.9 Å². The van der Waals surface area contributed by atoms with E-state index in [1.54, 1.807) is 0 Å². The number of nitrogens with one attached hydrogen (secondary N) is 3. The topological polar surface area (TPSA) is 78.9 Å². The van der Waals surface area contributed by atoms with E-state index < -0.39 is 11.7 Å². The van der Waals surface area contributed by atoms with Gasteiger partial charge >= 0.3 is 6.18 Å². The first kappa shape index (κ1) is 41.8. The largest absolute Gasteiger partial charge is 0.421 e. The molecule has 42 heavy (non-hydrogen) atoms. The van der Waals surface area contributed by atoms with E-state index >= 15 is 0 Å². The van der Waals surface area contributed by atoms with Gasteiger partial charge in [-0.25, -0.2) is 4.98 Å². The second-order valence-corrected chi connectivity index (χ2v) is 10.9. The molecule has 0 atom stereocenters. The highest BCUT2D eigenvalue weighted by Gasteiger charge is 2.35. The Morgan fingerprint density at radius 1 is 1.05 bits per heavy atom.